The lowest BCUT2D eigenvalue weighted by molar-refractivity contribution is -0.0982. The van der Waals surface area contributed by atoms with E-state index in [9.17, 15) is 15.0 Å². The Hall–Kier alpha value is -1.41. The van der Waals surface area contributed by atoms with Gasteiger partial charge in [0.05, 0.1) is 6.61 Å². The highest BCUT2D eigenvalue weighted by molar-refractivity contribution is 5.16. The molecule has 1 aliphatic rings. The van der Waals surface area contributed by atoms with Crippen LogP contribution in [0.25, 0.3) is 0 Å². The van der Waals surface area contributed by atoms with Crippen LogP contribution in [-0.2, 0) is 4.74 Å². The van der Waals surface area contributed by atoms with E-state index in [4.69, 9.17) is 14.9 Å². The number of aromatic hydroxyl groups is 1. The van der Waals surface area contributed by atoms with Crippen LogP contribution < -0.4 is 5.56 Å². The molecule has 18 heavy (non-hydrogen) atoms. The topological polar surface area (TPSA) is 112 Å². The van der Waals surface area contributed by atoms with Gasteiger partial charge in [-0.1, -0.05) is 0 Å². The number of ether oxygens (including phenoxy) is 1. The van der Waals surface area contributed by atoms with Gasteiger partial charge in [0.15, 0.2) is 6.23 Å². The molecule has 0 bridgehead atoms. The molecular weight excluding hydrogens is 242 g/mol. The van der Waals surface area contributed by atoms with Crippen LogP contribution in [0.1, 0.15) is 13.2 Å². The molecule has 4 N–H and O–H groups in total. The molecule has 7 nitrogen and oxygen atoms in total. The smallest absolute Gasteiger partial charge is 0.256 e. The molecule has 1 fully saturated rings. The molecule has 1 aromatic rings. The zero-order chi connectivity index (χ0) is 13.5. The molecule has 100 valence electrons. The van der Waals surface area contributed by atoms with Crippen LogP contribution in [0.15, 0.2) is 23.1 Å². The Morgan fingerprint density at radius 3 is 2.72 bits per heavy atom. The standard InChI is InChI=1S/C11H15NO6/c1-11(17)9(16)7(5-13)18-10(11)12-3-2-6(14)4-8(12)15/h2-4,7,9-10,13-14,16-17H,5H2,1H3/t7-,9-,10-,11-/m1/s1. The third kappa shape index (κ3) is 1.91. The highest BCUT2D eigenvalue weighted by atomic mass is 16.6. The van der Waals surface area contributed by atoms with Gasteiger partial charge in [-0.3, -0.25) is 9.36 Å². The van der Waals surface area contributed by atoms with Crippen molar-refractivity contribution in [1.29, 1.82) is 0 Å². The van der Waals surface area contributed by atoms with Gasteiger partial charge in [-0.2, -0.15) is 0 Å². The second-order valence-corrected chi connectivity index (χ2v) is 4.51. The molecule has 4 atom stereocenters. The summed E-state index contributed by atoms with van der Waals surface area (Å²) in [5.41, 5.74) is -2.29. The van der Waals surface area contributed by atoms with Crippen LogP contribution >= 0.6 is 0 Å². The summed E-state index contributed by atoms with van der Waals surface area (Å²) in [4.78, 5) is 11.7. The Kier molecular flexibility index (Phi) is 3.16. The summed E-state index contributed by atoms with van der Waals surface area (Å²) in [6.45, 7) is 0.845. The van der Waals surface area contributed by atoms with Crippen LogP contribution in [0.2, 0.25) is 0 Å². The third-order valence-corrected chi connectivity index (χ3v) is 3.12. The summed E-state index contributed by atoms with van der Waals surface area (Å²) in [7, 11) is 0. The van der Waals surface area contributed by atoms with Crippen molar-refractivity contribution in [3.63, 3.8) is 0 Å². The van der Waals surface area contributed by atoms with E-state index in [1.807, 2.05) is 0 Å². The number of aromatic nitrogens is 1. The maximum absolute atomic E-state index is 11.7. The van der Waals surface area contributed by atoms with Crippen LogP contribution in [0.3, 0.4) is 0 Å². The van der Waals surface area contributed by atoms with Gasteiger partial charge in [0.1, 0.15) is 23.6 Å². The van der Waals surface area contributed by atoms with E-state index in [0.29, 0.717) is 0 Å². The number of rotatable bonds is 2. The van der Waals surface area contributed by atoms with Gasteiger partial charge < -0.3 is 25.2 Å². The number of nitrogens with zero attached hydrogens (tertiary/aromatic N) is 1. The van der Waals surface area contributed by atoms with Gasteiger partial charge in [0, 0.05) is 12.3 Å². The number of pyridine rings is 1. The average molecular weight is 257 g/mol. The van der Waals surface area contributed by atoms with Crippen molar-refractivity contribution in [2.24, 2.45) is 0 Å². The molecule has 0 aromatic carbocycles. The Morgan fingerprint density at radius 2 is 2.22 bits per heavy atom. The molecule has 1 aromatic heterocycles. The first-order chi connectivity index (χ1) is 8.37. The number of hydrogen-bond acceptors (Lipinski definition) is 6. The normalized spacial score (nSPS) is 35.9. The second-order valence-electron chi connectivity index (χ2n) is 4.51. The van der Waals surface area contributed by atoms with Gasteiger partial charge in [-0.25, -0.2) is 0 Å². The maximum Gasteiger partial charge on any atom is 0.256 e. The summed E-state index contributed by atoms with van der Waals surface area (Å²) in [6.07, 6.45) is -2.15. The molecule has 0 amide bonds. The van der Waals surface area contributed by atoms with Gasteiger partial charge in [0.25, 0.3) is 5.56 Å². The molecular formula is C11H15NO6. The SMILES string of the molecule is C[C@@]1(O)[C@H](O)[C@@H](CO)O[C@H]1n1ccc(O)cc1=O. The lowest BCUT2D eigenvalue weighted by Crippen LogP contribution is -2.45. The average Bonchev–Trinajstić information content (AvgIpc) is 2.52. The Balaban J connectivity index is 2.42. The monoisotopic (exact) mass is 257 g/mol. The van der Waals surface area contributed by atoms with E-state index in [2.05, 4.69) is 0 Å². The lowest BCUT2D eigenvalue weighted by Gasteiger charge is -2.27. The Morgan fingerprint density at radius 1 is 1.56 bits per heavy atom. The maximum atomic E-state index is 11.7. The van der Waals surface area contributed by atoms with Crippen molar-refractivity contribution in [1.82, 2.24) is 4.57 Å². The first-order valence-electron chi connectivity index (χ1n) is 5.46. The highest BCUT2D eigenvalue weighted by Gasteiger charge is 2.52. The van der Waals surface area contributed by atoms with Crippen molar-refractivity contribution >= 4 is 0 Å². The van der Waals surface area contributed by atoms with Crippen LogP contribution in [0.4, 0.5) is 0 Å². The first kappa shape index (κ1) is 13.0. The second kappa shape index (κ2) is 4.36. The summed E-state index contributed by atoms with van der Waals surface area (Å²) in [5.74, 6) is -0.201. The third-order valence-electron chi connectivity index (χ3n) is 3.12. The summed E-state index contributed by atoms with van der Waals surface area (Å²) < 4.78 is 6.33. The molecule has 2 heterocycles. The Bertz CT molecular complexity index is 497. The van der Waals surface area contributed by atoms with Crippen LogP contribution in [-0.4, -0.2) is 49.4 Å². The minimum Gasteiger partial charge on any atom is -0.508 e. The van der Waals surface area contributed by atoms with E-state index < -0.39 is 36.2 Å². The van der Waals surface area contributed by atoms with Gasteiger partial charge in [0.2, 0.25) is 0 Å². The minimum atomic E-state index is -1.71. The number of aliphatic hydroxyl groups excluding tert-OH is 2. The van der Waals surface area contributed by atoms with Crippen molar-refractivity contribution < 1.29 is 25.2 Å². The molecule has 0 spiro atoms. The quantitative estimate of drug-likeness (QED) is 0.516. The molecule has 2 rings (SSSR count). The van der Waals surface area contributed by atoms with E-state index in [0.717, 1.165) is 10.6 Å². The van der Waals surface area contributed by atoms with Crippen molar-refractivity contribution in [2.45, 2.75) is 31.0 Å². The molecule has 1 saturated heterocycles. The zero-order valence-corrected chi connectivity index (χ0v) is 9.72. The molecule has 0 radical (unpaired) electrons. The lowest BCUT2D eigenvalue weighted by atomic mass is 9.96. The van der Waals surface area contributed by atoms with E-state index in [1.54, 1.807) is 0 Å². The summed E-state index contributed by atoms with van der Waals surface area (Å²) in [6, 6.07) is 2.23. The van der Waals surface area contributed by atoms with Gasteiger partial charge in [-0.05, 0) is 13.0 Å². The van der Waals surface area contributed by atoms with Crippen molar-refractivity contribution in [3.05, 3.63) is 28.7 Å². The fraction of sp³-hybridized carbons (Fsp3) is 0.545. The molecule has 0 unspecified atom stereocenters. The molecule has 7 heteroatoms. The van der Waals surface area contributed by atoms with Gasteiger partial charge >= 0.3 is 0 Å². The summed E-state index contributed by atoms with van der Waals surface area (Å²) in [5, 5.41) is 38.1. The van der Waals surface area contributed by atoms with E-state index >= 15 is 0 Å². The largest absolute Gasteiger partial charge is 0.508 e. The van der Waals surface area contributed by atoms with E-state index in [1.165, 1.54) is 19.2 Å². The number of hydrogen-bond donors (Lipinski definition) is 4. The molecule has 0 saturated carbocycles. The predicted octanol–water partition coefficient (Wildman–Crippen LogP) is -1.44. The van der Waals surface area contributed by atoms with Crippen LogP contribution in [0, 0.1) is 0 Å². The highest BCUT2D eigenvalue weighted by Crippen LogP contribution is 2.37. The van der Waals surface area contributed by atoms with Crippen molar-refractivity contribution in [3.8, 4) is 5.75 Å². The minimum absolute atomic E-state index is 0.201. The zero-order valence-electron chi connectivity index (χ0n) is 9.72. The summed E-state index contributed by atoms with van der Waals surface area (Å²) >= 11 is 0. The fourth-order valence-electron chi connectivity index (χ4n) is 2.06. The van der Waals surface area contributed by atoms with Crippen LogP contribution in [0.5, 0.6) is 5.75 Å². The number of aliphatic hydroxyl groups is 3. The van der Waals surface area contributed by atoms with E-state index in [-0.39, 0.29) is 5.75 Å². The van der Waals surface area contributed by atoms with Gasteiger partial charge in [-0.15, -0.1) is 0 Å². The molecule has 0 aliphatic carbocycles. The predicted molar refractivity (Wildman–Crippen MR) is 60.0 cm³/mol. The Labute approximate surface area is 102 Å². The first-order valence-corrected chi connectivity index (χ1v) is 5.46. The fourth-order valence-corrected chi connectivity index (χ4v) is 2.06. The molecule has 1 aliphatic heterocycles. The van der Waals surface area contributed by atoms with Crippen molar-refractivity contribution in [2.75, 3.05) is 6.61 Å².